The van der Waals surface area contributed by atoms with Crippen molar-refractivity contribution in [2.45, 2.75) is 26.4 Å². The second kappa shape index (κ2) is 7.69. The monoisotopic (exact) mass is 288 g/mol. The molecule has 0 amide bonds. The third-order valence-electron chi connectivity index (χ3n) is 3.44. The van der Waals surface area contributed by atoms with Crippen LogP contribution in [0, 0.1) is 0 Å². The number of hydrogen-bond acceptors (Lipinski definition) is 4. The molecule has 2 rings (SSSR count). The number of benzene rings is 1. The van der Waals surface area contributed by atoms with E-state index in [2.05, 4.69) is 29.2 Å². The molecule has 1 aromatic heterocycles. The summed E-state index contributed by atoms with van der Waals surface area (Å²) in [5, 5.41) is 4.34. The predicted octanol–water partition coefficient (Wildman–Crippen LogP) is 2.27. The van der Waals surface area contributed by atoms with Gasteiger partial charge in [-0.15, -0.1) is 0 Å². The van der Waals surface area contributed by atoms with Crippen molar-refractivity contribution in [3.63, 3.8) is 0 Å². The van der Waals surface area contributed by atoms with Crippen LogP contribution >= 0.6 is 0 Å². The maximum absolute atomic E-state index is 5.67. The maximum atomic E-state index is 5.67. The van der Waals surface area contributed by atoms with Gasteiger partial charge in [-0.1, -0.05) is 12.1 Å². The summed E-state index contributed by atoms with van der Waals surface area (Å²) in [6, 6.07) is 8.08. The standard InChI is InChI=1S/C16H24N4O/c1-3-20-13-14(11-18-20)12-19(10-6-9-17)15-7-4-5-8-16(15)21-2/h4-5,7-8,11,13H,3,6,9-10,12,17H2,1-2H3. The van der Waals surface area contributed by atoms with E-state index in [4.69, 9.17) is 10.5 Å². The number of nitrogens with two attached hydrogens (primary N) is 1. The minimum absolute atomic E-state index is 0.680. The highest BCUT2D eigenvalue weighted by atomic mass is 16.5. The van der Waals surface area contributed by atoms with Crippen LogP contribution in [-0.4, -0.2) is 30.0 Å². The third-order valence-corrected chi connectivity index (χ3v) is 3.44. The van der Waals surface area contributed by atoms with Gasteiger partial charge in [-0.05, 0) is 32.0 Å². The van der Waals surface area contributed by atoms with E-state index in [9.17, 15) is 0 Å². The van der Waals surface area contributed by atoms with Crippen LogP contribution in [0.1, 0.15) is 18.9 Å². The van der Waals surface area contributed by atoms with Gasteiger partial charge in [0.05, 0.1) is 19.0 Å². The molecule has 2 N–H and O–H groups in total. The fourth-order valence-corrected chi connectivity index (χ4v) is 2.34. The summed E-state index contributed by atoms with van der Waals surface area (Å²) in [4.78, 5) is 2.29. The highest BCUT2D eigenvalue weighted by Crippen LogP contribution is 2.28. The molecular weight excluding hydrogens is 264 g/mol. The van der Waals surface area contributed by atoms with Crippen LogP contribution in [0.4, 0.5) is 5.69 Å². The van der Waals surface area contributed by atoms with Crippen LogP contribution < -0.4 is 15.4 Å². The van der Waals surface area contributed by atoms with Crippen molar-refractivity contribution in [1.29, 1.82) is 0 Å². The molecule has 0 unspecified atom stereocenters. The summed E-state index contributed by atoms with van der Waals surface area (Å²) < 4.78 is 7.42. The van der Waals surface area contributed by atoms with Crippen LogP contribution in [-0.2, 0) is 13.1 Å². The van der Waals surface area contributed by atoms with Crippen molar-refractivity contribution in [3.8, 4) is 5.75 Å². The van der Waals surface area contributed by atoms with E-state index in [1.54, 1.807) is 7.11 Å². The van der Waals surface area contributed by atoms with E-state index in [1.807, 2.05) is 29.1 Å². The topological polar surface area (TPSA) is 56.3 Å². The molecule has 0 atom stereocenters. The molecule has 1 heterocycles. The Morgan fingerprint density at radius 2 is 2.14 bits per heavy atom. The second-order valence-corrected chi connectivity index (χ2v) is 4.94. The number of aryl methyl sites for hydroxylation is 1. The Hall–Kier alpha value is -2.01. The lowest BCUT2D eigenvalue weighted by Crippen LogP contribution is -2.26. The molecule has 2 aromatic rings. The van der Waals surface area contributed by atoms with Gasteiger partial charge in [0.15, 0.2) is 0 Å². The Morgan fingerprint density at radius 1 is 1.33 bits per heavy atom. The van der Waals surface area contributed by atoms with Gasteiger partial charge < -0.3 is 15.4 Å². The van der Waals surface area contributed by atoms with Crippen molar-refractivity contribution >= 4 is 5.69 Å². The lowest BCUT2D eigenvalue weighted by Gasteiger charge is -2.26. The first-order valence-electron chi connectivity index (χ1n) is 7.37. The Bertz CT molecular complexity index is 553. The minimum Gasteiger partial charge on any atom is -0.495 e. The highest BCUT2D eigenvalue weighted by Gasteiger charge is 2.12. The zero-order valence-electron chi connectivity index (χ0n) is 12.8. The number of aromatic nitrogens is 2. The molecule has 0 radical (unpaired) electrons. The first kappa shape index (κ1) is 15.4. The van der Waals surface area contributed by atoms with Gasteiger partial charge in [0.2, 0.25) is 0 Å². The summed E-state index contributed by atoms with van der Waals surface area (Å²) in [6.07, 6.45) is 4.96. The van der Waals surface area contributed by atoms with E-state index in [0.29, 0.717) is 6.54 Å². The molecule has 0 spiro atoms. The smallest absolute Gasteiger partial charge is 0.142 e. The van der Waals surface area contributed by atoms with Gasteiger partial charge in [-0.25, -0.2) is 0 Å². The van der Waals surface area contributed by atoms with Crippen molar-refractivity contribution in [1.82, 2.24) is 9.78 Å². The molecule has 5 nitrogen and oxygen atoms in total. The zero-order valence-corrected chi connectivity index (χ0v) is 12.8. The van der Waals surface area contributed by atoms with Gasteiger partial charge in [-0.3, -0.25) is 4.68 Å². The number of anilines is 1. The summed E-state index contributed by atoms with van der Waals surface area (Å²) in [7, 11) is 1.70. The van der Waals surface area contributed by atoms with E-state index < -0.39 is 0 Å². The van der Waals surface area contributed by atoms with Crippen molar-refractivity contribution in [3.05, 3.63) is 42.2 Å². The zero-order chi connectivity index (χ0) is 15.1. The molecule has 0 aliphatic heterocycles. The van der Waals surface area contributed by atoms with E-state index >= 15 is 0 Å². The lowest BCUT2D eigenvalue weighted by atomic mass is 10.2. The second-order valence-electron chi connectivity index (χ2n) is 4.94. The predicted molar refractivity (Wildman–Crippen MR) is 85.6 cm³/mol. The number of para-hydroxylation sites is 2. The Labute approximate surface area is 126 Å². The normalized spacial score (nSPS) is 10.6. The first-order valence-corrected chi connectivity index (χ1v) is 7.37. The summed E-state index contributed by atoms with van der Waals surface area (Å²) >= 11 is 0. The van der Waals surface area contributed by atoms with Crippen molar-refractivity contribution in [2.75, 3.05) is 25.1 Å². The molecule has 0 bridgehead atoms. The summed E-state index contributed by atoms with van der Waals surface area (Å²) in [5.74, 6) is 0.886. The van der Waals surface area contributed by atoms with Gasteiger partial charge in [0, 0.05) is 31.4 Å². The van der Waals surface area contributed by atoms with Crippen molar-refractivity contribution < 1.29 is 4.74 Å². The number of methoxy groups -OCH3 is 1. The quantitative estimate of drug-likeness (QED) is 0.809. The van der Waals surface area contributed by atoms with E-state index in [-0.39, 0.29) is 0 Å². The number of rotatable bonds is 8. The van der Waals surface area contributed by atoms with Crippen LogP contribution in [0.3, 0.4) is 0 Å². The Kier molecular flexibility index (Phi) is 5.63. The molecule has 0 saturated carbocycles. The van der Waals surface area contributed by atoms with E-state index in [1.165, 1.54) is 5.56 Å². The fourth-order valence-electron chi connectivity index (χ4n) is 2.34. The van der Waals surface area contributed by atoms with Crippen LogP contribution in [0.2, 0.25) is 0 Å². The number of hydrogen-bond donors (Lipinski definition) is 1. The number of nitrogens with zero attached hydrogens (tertiary/aromatic N) is 3. The van der Waals surface area contributed by atoms with Crippen LogP contribution in [0.5, 0.6) is 5.75 Å². The molecular formula is C16H24N4O. The Balaban J connectivity index is 2.20. The fraction of sp³-hybridized carbons (Fsp3) is 0.438. The van der Waals surface area contributed by atoms with Gasteiger partial charge in [0.1, 0.15) is 5.75 Å². The molecule has 21 heavy (non-hydrogen) atoms. The Morgan fingerprint density at radius 3 is 2.81 bits per heavy atom. The molecule has 5 heteroatoms. The lowest BCUT2D eigenvalue weighted by molar-refractivity contribution is 0.414. The summed E-state index contributed by atoms with van der Waals surface area (Å²) in [6.45, 7) is 5.36. The maximum Gasteiger partial charge on any atom is 0.142 e. The van der Waals surface area contributed by atoms with Crippen molar-refractivity contribution in [2.24, 2.45) is 5.73 Å². The molecule has 0 aliphatic rings. The van der Waals surface area contributed by atoms with Crippen LogP contribution in [0.25, 0.3) is 0 Å². The minimum atomic E-state index is 0.680. The van der Waals surface area contributed by atoms with Gasteiger partial charge in [0.25, 0.3) is 0 Å². The first-order chi connectivity index (χ1) is 10.3. The molecule has 0 saturated heterocycles. The average molecular weight is 288 g/mol. The van der Waals surface area contributed by atoms with Gasteiger partial charge >= 0.3 is 0 Å². The SMILES string of the molecule is CCn1cc(CN(CCCN)c2ccccc2OC)cn1. The molecule has 114 valence electrons. The van der Waals surface area contributed by atoms with E-state index in [0.717, 1.165) is 37.5 Å². The van der Waals surface area contributed by atoms with Crippen LogP contribution in [0.15, 0.2) is 36.7 Å². The third kappa shape index (κ3) is 3.98. The average Bonchev–Trinajstić information content (AvgIpc) is 2.99. The molecule has 0 fully saturated rings. The molecule has 0 aliphatic carbocycles. The largest absolute Gasteiger partial charge is 0.495 e. The summed E-state index contributed by atoms with van der Waals surface area (Å²) in [5.41, 5.74) is 7.96. The number of ether oxygens (including phenoxy) is 1. The highest BCUT2D eigenvalue weighted by molar-refractivity contribution is 5.58. The molecule has 1 aromatic carbocycles. The van der Waals surface area contributed by atoms with Gasteiger partial charge in [-0.2, -0.15) is 5.10 Å².